The first-order valence-corrected chi connectivity index (χ1v) is 6.07. The molecular weight excluding hydrogens is 279 g/mol. The highest BCUT2D eigenvalue weighted by Crippen LogP contribution is 2.26. The maximum absolute atomic E-state index is 12.5. The van der Waals surface area contributed by atoms with Crippen LogP contribution in [0.2, 0.25) is 0 Å². The summed E-state index contributed by atoms with van der Waals surface area (Å²) in [6, 6.07) is -2.13. The number of amides is 1. The van der Waals surface area contributed by atoms with Gasteiger partial charge in [0.1, 0.15) is 5.60 Å². The van der Waals surface area contributed by atoms with Crippen molar-refractivity contribution in [3.63, 3.8) is 0 Å². The van der Waals surface area contributed by atoms with Gasteiger partial charge in [-0.15, -0.1) is 0 Å². The molecule has 1 aliphatic heterocycles. The maximum Gasteiger partial charge on any atom is 0.452 e. The SMILES string of the molecule is CC(C)(C)OC(=O)N1CCCC(=O)C1C(=O)C(F)(F)F. The average Bonchev–Trinajstić information content (AvgIpc) is 2.24. The van der Waals surface area contributed by atoms with Gasteiger partial charge >= 0.3 is 12.3 Å². The van der Waals surface area contributed by atoms with E-state index in [1.807, 2.05) is 0 Å². The molecule has 0 radical (unpaired) electrons. The Labute approximate surface area is 114 Å². The van der Waals surface area contributed by atoms with Gasteiger partial charge in [-0.2, -0.15) is 13.2 Å². The van der Waals surface area contributed by atoms with Crippen molar-refractivity contribution in [2.75, 3.05) is 6.54 Å². The van der Waals surface area contributed by atoms with Crippen LogP contribution in [0, 0.1) is 0 Å². The molecule has 20 heavy (non-hydrogen) atoms. The van der Waals surface area contributed by atoms with E-state index >= 15 is 0 Å². The van der Waals surface area contributed by atoms with Crippen molar-refractivity contribution in [3.05, 3.63) is 0 Å². The summed E-state index contributed by atoms with van der Waals surface area (Å²) in [5.41, 5.74) is -0.927. The molecule has 1 rings (SSSR count). The zero-order valence-electron chi connectivity index (χ0n) is 11.4. The van der Waals surface area contributed by atoms with Crippen molar-refractivity contribution in [2.45, 2.75) is 51.4 Å². The maximum atomic E-state index is 12.5. The Morgan fingerprint density at radius 3 is 2.25 bits per heavy atom. The lowest BCUT2D eigenvalue weighted by Gasteiger charge is -2.34. The molecule has 0 spiro atoms. The van der Waals surface area contributed by atoms with Crippen LogP contribution in [0.25, 0.3) is 0 Å². The van der Waals surface area contributed by atoms with Crippen LogP contribution in [-0.4, -0.2) is 46.9 Å². The van der Waals surface area contributed by atoms with Crippen molar-refractivity contribution >= 4 is 17.7 Å². The normalized spacial score (nSPS) is 20.8. The molecule has 0 aromatic heterocycles. The van der Waals surface area contributed by atoms with E-state index in [1.165, 1.54) is 20.8 Å². The van der Waals surface area contributed by atoms with E-state index in [1.54, 1.807) is 0 Å². The summed E-state index contributed by atoms with van der Waals surface area (Å²) in [5.74, 6) is -3.14. The first kappa shape index (κ1) is 16.5. The highest BCUT2D eigenvalue weighted by Gasteiger charge is 2.51. The molecule has 0 bridgehead atoms. The smallest absolute Gasteiger partial charge is 0.444 e. The van der Waals surface area contributed by atoms with E-state index in [9.17, 15) is 27.6 Å². The van der Waals surface area contributed by atoms with E-state index in [0.29, 0.717) is 4.90 Å². The standard InChI is InChI=1S/C12H16F3NO4/c1-11(2,3)20-10(19)16-6-4-5-7(17)8(16)9(18)12(13,14)15/h8H,4-6H2,1-3H3. The summed E-state index contributed by atoms with van der Waals surface area (Å²) in [7, 11) is 0. The van der Waals surface area contributed by atoms with Crippen LogP contribution in [0.5, 0.6) is 0 Å². The molecule has 8 heteroatoms. The predicted molar refractivity (Wildman–Crippen MR) is 62.0 cm³/mol. The van der Waals surface area contributed by atoms with Crippen LogP contribution in [-0.2, 0) is 14.3 Å². The number of alkyl halides is 3. The second-order valence-electron chi connectivity index (χ2n) is 5.51. The van der Waals surface area contributed by atoms with Gasteiger partial charge < -0.3 is 4.74 Å². The number of piperidine rings is 1. The highest BCUT2D eigenvalue weighted by atomic mass is 19.4. The molecule has 0 saturated carbocycles. The first-order valence-electron chi connectivity index (χ1n) is 6.07. The van der Waals surface area contributed by atoms with Gasteiger partial charge in [0.15, 0.2) is 11.8 Å². The summed E-state index contributed by atoms with van der Waals surface area (Å²) in [6.07, 6.45) is -6.21. The van der Waals surface area contributed by atoms with E-state index < -0.39 is 35.5 Å². The lowest BCUT2D eigenvalue weighted by molar-refractivity contribution is -0.178. The molecule has 1 unspecified atom stereocenters. The number of carbonyl (C=O) groups is 3. The van der Waals surface area contributed by atoms with Gasteiger partial charge in [0.2, 0.25) is 0 Å². The summed E-state index contributed by atoms with van der Waals surface area (Å²) in [4.78, 5) is 35.3. The third-order valence-corrected chi connectivity index (χ3v) is 2.59. The van der Waals surface area contributed by atoms with Crippen LogP contribution in [0.1, 0.15) is 33.6 Å². The third kappa shape index (κ3) is 3.94. The van der Waals surface area contributed by atoms with Gasteiger partial charge in [0.25, 0.3) is 5.78 Å². The Bertz CT molecular complexity index is 425. The van der Waals surface area contributed by atoms with Gasteiger partial charge in [0.05, 0.1) is 0 Å². The lowest BCUT2D eigenvalue weighted by atomic mass is 9.97. The number of hydrogen-bond acceptors (Lipinski definition) is 4. The molecular formula is C12H16F3NO4. The number of carbonyl (C=O) groups excluding carboxylic acids is 3. The highest BCUT2D eigenvalue weighted by molar-refractivity contribution is 6.10. The summed E-state index contributed by atoms with van der Waals surface area (Å²) in [5, 5.41) is 0. The third-order valence-electron chi connectivity index (χ3n) is 2.59. The molecule has 1 aliphatic rings. The quantitative estimate of drug-likeness (QED) is 0.695. The van der Waals surface area contributed by atoms with E-state index in [0.717, 1.165) is 0 Å². The fraction of sp³-hybridized carbons (Fsp3) is 0.750. The second-order valence-corrected chi connectivity index (χ2v) is 5.51. The molecule has 0 aliphatic carbocycles. The summed E-state index contributed by atoms with van der Waals surface area (Å²) >= 11 is 0. The van der Waals surface area contributed by atoms with E-state index in [2.05, 4.69) is 0 Å². The predicted octanol–water partition coefficient (Wildman–Crippen LogP) is 2.09. The van der Waals surface area contributed by atoms with E-state index in [4.69, 9.17) is 4.74 Å². The van der Waals surface area contributed by atoms with Crippen molar-refractivity contribution < 1.29 is 32.3 Å². The van der Waals surface area contributed by atoms with Gasteiger partial charge in [-0.3, -0.25) is 14.5 Å². The van der Waals surface area contributed by atoms with Crippen LogP contribution in [0.3, 0.4) is 0 Å². The number of ether oxygens (including phenoxy) is 1. The van der Waals surface area contributed by atoms with Crippen molar-refractivity contribution in [1.82, 2.24) is 4.90 Å². The zero-order chi connectivity index (χ0) is 15.7. The molecule has 1 heterocycles. The number of hydrogen-bond donors (Lipinski definition) is 0. The minimum Gasteiger partial charge on any atom is -0.444 e. The minimum absolute atomic E-state index is 0.118. The Kier molecular flexibility index (Phi) is 4.45. The number of rotatable bonds is 1. The number of likely N-dealkylation sites (tertiary alicyclic amines) is 1. The Morgan fingerprint density at radius 1 is 1.25 bits per heavy atom. The molecule has 114 valence electrons. The summed E-state index contributed by atoms with van der Waals surface area (Å²) < 4.78 is 42.4. The second kappa shape index (κ2) is 5.41. The van der Waals surface area contributed by atoms with Gasteiger partial charge in [-0.25, -0.2) is 4.79 Å². The monoisotopic (exact) mass is 295 g/mol. The van der Waals surface area contributed by atoms with Crippen molar-refractivity contribution in [2.24, 2.45) is 0 Å². The number of ketones is 2. The molecule has 5 nitrogen and oxygen atoms in total. The molecule has 0 aromatic carbocycles. The van der Waals surface area contributed by atoms with Crippen LogP contribution < -0.4 is 0 Å². The summed E-state index contributed by atoms with van der Waals surface area (Å²) in [6.45, 7) is 4.50. The fourth-order valence-electron chi connectivity index (χ4n) is 1.82. The number of nitrogens with zero attached hydrogens (tertiary/aromatic N) is 1. The van der Waals surface area contributed by atoms with Crippen LogP contribution in [0.15, 0.2) is 0 Å². The van der Waals surface area contributed by atoms with Crippen molar-refractivity contribution in [1.29, 1.82) is 0 Å². The number of halogens is 3. The average molecular weight is 295 g/mol. The molecule has 0 aromatic rings. The van der Waals surface area contributed by atoms with Crippen LogP contribution >= 0.6 is 0 Å². The van der Waals surface area contributed by atoms with Crippen LogP contribution in [0.4, 0.5) is 18.0 Å². The molecule has 1 fully saturated rings. The van der Waals surface area contributed by atoms with Crippen molar-refractivity contribution in [3.8, 4) is 0 Å². The molecule has 0 N–H and O–H groups in total. The lowest BCUT2D eigenvalue weighted by Crippen LogP contribution is -2.57. The molecule has 1 saturated heterocycles. The largest absolute Gasteiger partial charge is 0.452 e. The number of Topliss-reactive ketones (excluding diaryl/α,β-unsaturated/α-hetero) is 2. The molecule has 1 atom stereocenters. The Morgan fingerprint density at radius 2 is 1.80 bits per heavy atom. The van der Waals surface area contributed by atoms with Gasteiger partial charge in [-0.05, 0) is 27.2 Å². The minimum atomic E-state index is -5.17. The first-order chi connectivity index (χ1) is 8.93. The van der Waals surface area contributed by atoms with E-state index in [-0.39, 0.29) is 19.4 Å². The van der Waals surface area contributed by atoms with Gasteiger partial charge in [0, 0.05) is 13.0 Å². The Balaban J connectivity index is 2.99. The van der Waals surface area contributed by atoms with Gasteiger partial charge in [-0.1, -0.05) is 0 Å². The topological polar surface area (TPSA) is 63.7 Å². The zero-order valence-corrected chi connectivity index (χ0v) is 11.4. The Hall–Kier alpha value is -1.60. The fourth-order valence-corrected chi connectivity index (χ4v) is 1.82. The molecule has 1 amide bonds.